The van der Waals surface area contributed by atoms with Crippen molar-refractivity contribution in [3.8, 4) is 0 Å². The first kappa shape index (κ1) is 16.5. The van der Waals surface area contributed by atoms with Gasteiger partial charge in [0, 0.05) is 12.8 Å². The fourth-order valence-electron chi connectivity index (χ4n) is 2.45. The standard InChI is InChI=1S/C18H28N4/c1-3-5-8-14-17-19-18(15-9-6-4-2)22(21-17)20-16-12-10-7-11-13-16/h7,10-13,20H,3-6,8-9,14-15H2,1-2H3. The number of anilines is 1. The zero-order valence-electron chi connectivity index (χ0n) is 13.9. The molecule has 0 aliphatic heterocycles. The molecular formula is C18H28N4. The number of nitrogens with one attached hydrogen (secondary N) is 1. The van der Waals surface area contributed by atoms with Crippen molar-refractivity contribution in [1.29, 1.82) is 0 Å². The van der Waals surface area contributed by atoms with Gasteiger partial charge in [-0.25, -0.2) is 4.98 Å². The van der Waals surface area contributed by atoms with Crippen molar-refractivity contribution in [3.63, 3.8) is 0 Å². The lowest BCUT2D eigenvalue weighted by Crippen LogP contribution is -2.15. The maximum Gasteiger partial charge on any atom is 0.153 e. The molecule has 1 aromatic carbocycles. The van der Waals surface area contributed by atoms with E-state index >= 15 is 0 Å². The fourth-order valence-corrected chi connectivity index (χ4v) is 2.45. The van der Waals surface area contributed by atoms with E-state index in [9.17, 15) is 0 Å². The molecule has 22 heavy (non-hydrogen) atoms. The van der Waals surface area contributed by atoms with Crippen molar-refractivity contribution < 1.29 is 0 Å². The van der Waals surface area contributed by atoms with Crippen molar-refractivity contribution >= 4 is 5.69 Å². The molecule has 1 heterocycles. The fraction of sp³-hybridized carbons (Fsp3) is 0.556. The molecule has 0 radical (unpaired) electrons. The van der Waals surface area contributed by atoms with Gasteiger partial charge >= 0.3 is 0 Å². The number of benzene rings is 1. The van der Waals surface area contributed by atoms with Gasteiger partial charge in [-0.05, 0) is 25.0 Å². The first-order valence-electron chi connectivity index (χ1n) is 8.60. The highest BCUT2D eigenvalue weighted by atomic mass is 15.6. The summed E-state index contributed by atoms with van der Waals surface area (Å²) in [5.74, 6) is 2.01. The van der Waals surface area contributed by atoms with E-state index in [4.69, 9.17) is 4.98 Å². The van der Waals surface area contributed by atoms with E-state index in [0.717, 1.165) is 30.2 Å². The summed E-state index contributed by atoms with van der Waals surface area (Å²) in [4.78, 5) is 6.61. The van der Waals surface area contributed by atoms with Crippen molar-refractivity contribution in [2.24, 2.45) is 0 Å². The number of nitrogens with zero attached hydrogens (tertiary/aromatic N) is 3. The van der Waals surface area contributed by atoms with E-state index in [2.05, 4.69) is 24.4 Å². The van der Waals surface area contributed by atoms with Crippen LogP contribution in [0.3, 0.4) is 0 Å². The zero-order chi connectivity index (χ0) is 15.6. The molecule has 0 bridgehead atoms. The molecule has 0 fully saturated rings. The lowest BCUT2D eigenvalue weighted by atomic mass is 10.2. The molecule has 0 unspecified atom stereocenters. The third kappa shape index (κ3) is 5.17. The Morgan fingerprint density at radius 2 is 1.59 bits per heavy atom. The Hall–Kier alpha value is -1.84. The molecule has 1 aromatic heterocycles. The first-order chi connectivity index (χ1) is 10.8. The number of para-hydroxylation sites is 1. The summed E-state index contributed by atoms with van der Waals surface area (Å²) in [7, 11) is 0. The molecule has 4 heteroatoms. The van der Waals surface area contributed by atoms with Gasteiger partial charge in [0.15, 0.2) is 11.6 Å². The second kappa shape index (κ2) is 9.23. The maximum atomic E-state index is 4.74. The Morgan fingerprint density at radius 3 is 2.27 bits per heavy atom. The molecule has 0 saturated heterocycles. The molecular weight excluding hydrogens is 272 g/mol. The van der Waals surface area contributed by atoms with Crippen LogP contribution in [0.1, 0.15) is 64.0 Å². The van der Waals surface area contributed by atoms with Crippen LogP contribution in [0.2, 0.25) is 0 Å². The van der Waals surface area contributed by atoms with E-state index in [1.807, 2.05) is 35.1 Å². The van der Waals surface area contributed by atoms with Crippen molar-refractivity contribution in [2.75, 3.05) is 5.43 Å². The summed E-state index contributed by atoms with van der Waals surface area (Å²) in [6, 6.07) is 10.2. The van der Waals surface area contributed by atoms with Gasteiger partial charge in [-0.15, -0.1) is 5.10 Å². The molecule has 4 nitrogen and oxygen atoms in total. The molecule has 1 N–H and O–H groups in total. The molecule has 0 aliphatic carbocycles. The number of aryl methyl sites for hydroxylation is 2. The van der Waals surface area contributed by atoms with E-state index in [1.165, 1.54) is 38.5 Å². The predicted molar refractivity (Wildman–Crippen MR) is 91.9 cm³/mol. The highest BCUT2D eigenvalue weighted by Crippen LogP contribution is 2.11. The van der Waals surface area contributed by atoms with Gasteiger partial charge < -0.3 is 0 Å². The Balaban J connectivity index is 2.06. The van der Waals surface area contributed by atoms with Gasteiger partial charge in [0.1, 0.15) is 0 Å². The summed E-state index contributed by atoms with van der Waals surface area (Å²) < 4.78 is 0. The van der Waals surface area contributed by atoms with E-state index in [0.29, 0.717) is 0 Å². The molecule has 0 saturated carbocycles. The minimum absolute atomic E-state index is 0.961. The third-order valence-electron chi connectivity index (χ3n) is 3.73. The van der Waals surface area contributed by atoms with E-state index in [-0.39, 0.29) is 0 Å². The van der Waals surface area contributed by atoms with E-state index in [1.54, 1.807) is 0 Å². The van der Waals surface area contributed by atoms with E-state index < -0.39 is 0 Å². The minimum Gasteiger partial charge on any atom is -0.277 e. The van der Waals surface area contributed by atoms with Crippen LogP contribution in [-0.2, 0) is 12.8 Å². The number of hydrogen-bond acceptors (Lipinski definition) is 3. The topological polar surface area (TPSA) is 42.7 Å². The monoisotopic (exact) mass is 300 g/mol. The number of unbranched alkanes of at least 4 members (excludes halogenated alkanes) is 4. The predicted octanol–water partition coefficient (Wildman–Crippen LogP) is 4.62. The molecule has 2 aromatic rings. The molecule has 0 spiro atoms. The van der Waals surface area contributed by atoms with Crippen LogP contribution < -0.4 is 5.43 Å². The highest BCUT2D eigenvalue weighted by molar-refractivity contribution is 5.41. The highest BCUT2D eigenvalue weighted by Gasteiger charge is 2.10. The molecule has 0 amide bonds. The summed E-state index contributed by atoms with van der Waals surface area (Å²) >= 11 is 0. The van der Waals surface area contributed by atoms with Crippen LogP contribution in [0, 0.1) is 0 Å². The Labute approximate surface area is 133 Å². The number of aromatic nitrogens is 3. The average molecular weight is 300 g/mol. The Morgan fingerprint density at radius 1 is 0.909 bits per heavy atom. The average Bonchev–Trinajstić information content (AvgIpc) is 2.91. The summed E-state index contributed by atoms with van der Waals surface area (Å²) in [5.41, 5.74) is 4.40. The molecule has 120 valence electrons. The first-order valence-corrected chi connectivity index (χ1v) is 8.60. The zero-order valence-corrected chi connectivity index (χ0v) is 13.9. The SMILES string of the molecule is CCCCCc1nc(CCCCC)n(Nc2ccccc2)n1. The van der Waals surface area contributed by atoms with Crippen molar-refractivity contribution in [1.82, 2.24) is 14.9 Å². The van der Waals surface area contributed by atoms with Crippen molar-refractivity contribution in [3.05, 3.63) is 42.0 Å². The Bertz CT molecular complexity index is 533. The van der Waals surface area contributed by atoms with Crippen LogP contribution in [0.5, 0.6) is 0 Å². The number of hydrogen-bond donors (Lipinski definition) is 1. The normalized spacial score (nSPS) is 10.8. The van der Waals surface area contributed by atoms with Gasteiger partial charge in [0.05, 0.1) is 5.69 Å². The van der Waals surface area contributed by atoms with Gasteiger partial charge in [-0.2, -0.15) is 4.79 Å². The quantitative estimate of drug-likeness (QED) is 0.651. The summed E-state index contributed by atoms with van der Waals surface area (Å²) in [5, 5.41) is 4.65. The second-order valence-electron chi connectivity index (χ2n) is 5.75. The second-order valence-corrected chi connectivity index (χ2v) is 5.75. The van der Waals surface area contributed by atoms with Crippen LogP contribution >= 0.6 is 0 Å². The molecule has 2 rings (SSSR count). The number of rotatable bonds is 10. The van der Waals surface area contributed by atoms with Crippen molar-refractivity contribution in [2.45, 2.75) is 65.2 Å². The van der Waals surface area contributed by atoms with Gasteiger partial charge in [-0.3, -0.25) is 5.43 Å². The van der Waals surface area contributed by atoms with Gasteiger partial charge in [0.25, 0.3) is 0 Å². The molecule has 0 atom stereocenters. The Kier molecular flexibility index (Phi) is 6.94. The lowest BCUT2D eigenvalue weighted by molar-refractivity contribution is 0.652. The van der Waals surface area contributed by atoms with Crippen LogP contribution in [0.4, 0.5) is 5.69 Å². The smallest absolute Gasteiger partial charge is 0.153 e. The largest absolute Gasteiger partial charge is 0.277 e. The third-order valence-corrected chi connectivity index (χ3v) is 3.73. The van der Waals surface area contributed by atoms with Crippen LogP contribution in [0.25, 0.3) is 0 Å². The lowest BCUT2D eigenvalue weighted by Gasteiger charge is -2.08. The van der Waals surface area contributed by atoms with Crippen LogP contribution in [0.15, 0.2) is 30.3 Å². The molecule has 0 aliphatic rings. The van der Waals surface area contributed by atoms with Gasteiger partial charge in [0.2, 0.25) is 0 Å². The maximum absolute atomic E-state index is 4.74. The van der Waals surface area contributed by atoms with Crippen LogP contribution in [-0.4, -0.2) is 14.9 Å². The minimum atomic E-state index is 0.961. The van der Waals surface area contributed by atoms with Gasteiger partial charge in [-0.1, -0.05) is 57.7 Å². The summed E-state index contributed by atoms with van der Waals surface area (Å²) in [6.07, 6.45) is 9.22. The summed E-state index contributed by atoms with van der Waals surface area (Å²) in [6.45, 7) is 4.45.